The van der Waals surface area contributed by atoms with Gasteiger partial charge in [0.05, 0.1) is 11.9 Å². The number of rotatable bonds is 0. The molecule has 0 fully saturated rings. The van der Waals surface area contributed by atoms with Gasteiger partial charge in [0.15, 0.2) is 0 Å². The third kappa shape index (κ3) is 0.817. The molecule has 1 unspecified atom stereocenters. The van der Waals surface area contributed by atoms with Crippen LogP contribution in [0.25, 0.3) is 0 Å². The molecule has 0 aromatic rings. The summed E-state index contributed by atoms with van der Waals surface area (Å²) in [6.07, 6.45) is 10.5. The van der Waals surface area contributed by atoms with Gasteiger partial charge < -0.3 is 4.74 Å². The first-order valence-corrected chi connectivity index (χ1v) is 3.35. The molecule has 2 rings (SSSR count). The van der Waals surface area contributed by atoms with Gasteiger partial charge in [-0.1, -0.05) is 12.2 Å². The number of ether oxygens (including phenoxy) is 1. The van der Waals surface area contributed by atoms with Crippen molar-refractivity contribution in [2.75, 3.05) is 0 Å². The van der Waals surface area contributed by atoms with Crippen LogP contribution in [0.4, 0.5) is 0 Å². The molecule has 0 saturated carbocycles. The number of hydrogen-bond acceptors (Lipinski definition) is 1. The number of fused-ring (bicyclic) bond motifs is 1. The van der Waals surface area contributed by atoms with Gasteiger partial charge in [-0.15, -0.1) is 0 Å². The Morgan fingerprint density at radius 1 is 1.60 bits per heavy atom. The van der Waals surface area contributed by atoms with Crippen LogP contribution >= 0.6 is 0 Å². The van der Waals surface area contributed by atoms with Gasteiger partial charge in [0.25, 0.3) is 0 Å². The Hall–Kier alpha value is -1.18. The van der Waals surface area contributed by atoms with E-state index in [1.54, 1.807) is 12.5 Å². The predicted molar refractivity (Wildman–Crippen MR) is 38.0 cm³/mol. The lowest BCUT2D eigenvalue weighted by Crippen LogP contribution is -2.22. The molecule has 0 N–H and O–H groups in total. The Balaban J connectivity index is 2.23. The molecule has 51 valence electrons. The van der Waals surface area contributed by atoms with E-state index in [1.165, 1.54) is 0 Å². The van der Waals surface area contributed by atoms with Gasteiger partial charge in [-0.3, -0.25) is 5.32 Å². The van der Waals surface area contributed by atoms with Gasteiger partial charge in [0, 0.05) is 6.42 Å². The lowest BCUT2D eigenvalue weighted by Gasteiger charge is -2.22. The van der Waals surface area contributed by atoms with E-state index < -0.39 is 0 Å². The number of nitrogens with zero attached hydrogens (tertiary/aromatic N) is 1. The van der Waals surface area contributed by atoms with Gasteiger partial charge in [-0.05, 0) is 6.08 Å². The van der Waals surface area contributed by atoms with E-state index in [0.717, 1.165) is 12.1 Å². The molecule has 10 heavy (non-hydrogen) atoms. The third-order valence-electron chi connectivity index (χ3n) is 1.61. The molecule has 0 saturated heterocycles. The number of allylic oxidation sites excluding steroid dienone is 2. The molecule has 1 aliphatic heterocycles. The average molecular weight is 134 g/mol. The minimum atomic E-state index is 0.176. The normalized spacial score (nSPS) is 28.0. The van der Waals surface area contributed by atoms with Crippen molar-refractivity contribution in [2.24, 2.45) is 0 Å². The van der Waals surface area contributed by atoms with Gasteiger partial charge in [0.1, 0.15) is 12.4 Å². The molecule has 0 aromatic heterocycles. The zero-order valence-corrected chi connectivity index (χ0v) is 5.53. The topological polar surface area (TPSA) is 23.3 Å². The van der Waals surface area contributed by atoms with Gasteiger partial charge in [0.2, 0.25) is 0 Å². The molecular weight excluding hydrogens is 126 g/mol. The molecule has 0 bridgehead atoms. The first-order chi connectivity index (χ1) is 4.97. The van der Waals surface area contributed by atoms with Crippen LogP contribution in [0.5, 0.6) is 0 Å². The molecule has 1 aliphatic carbocycles. The first kappa shape index (κ1) is 5.59. The zero-order valence-electron chi connectivity index (χ0n) is 5.53. The summed E-state index contributed by atoms with van der Waals surface area (Å²) >= 11 is 0. The third-order valence-corrected chi connectivity index (χ3v) is 1.61. The summed E-state index contributed by atoms with van der Waals surface area (Å²) in [5.41, 5.74) is 1.03. The summed E-state index contributed by atoms with van der Waals surface area (Å²) in [5.74, 6) is 0. The van der Waals surface area contributed by atoms with E-state index in [9.17, 15) is 0 Å². The lowest BCUT2D eigenvalue weighted by molar-refractivity contribution is 0.160. The quantitative estimate of drug-likeness (QED) is 0.490. The highest BCUT2D eigenvalue weighted by Gasteiger charge is 2.17. The van der Waals surface area contributed by atoms with Crippen molar-refractivity contribution >= 4 is 0 Å². The molecule has 1 heterocycles. The van der Waals surface area contributed by atoms with E-state index in [2.05, 4.69) is 11.4 Å². The summed E-state index contributed by atoms with van der Waals surface area (Å²) in [5, 5.41) is 4.16. The fourth-order valence-electron chi connectivity index (χ4n) is 1.09. The number of hydrogen-bond donors (Lipinski definition) is 0. The fraction of sp³-hybridized carbons (Fsp3) is 0.250. The van der Waals surface area contributed by atoms with Crippen molar-refractivity contribution < 1.29 is 4.74 Å². The SMILES string of the molecule is C1=CCC2OC=C[N]C2=C1. The van der Waals surface area contributed by atoms with E-state index in [4.69, 9.17) is 4.74 Å². The van der Waals surface area contributed by atoms with Crippen LogP contribution in [-0.4, -0.2) is 6.10 Å². The fourth-order valence-corrected chi connectivity index (χ4v) is 1.09. The van der Waals surface area contributed by atoms with E-state index in [1.807, 2.05) is 12.2 Å². The Kier molecular flexibility index (Phi) is 1.24. The van der Waals surface area contributed by atoms with Crippen LogP contribution < -0.4 is 5.32 Å². The van der Waals surface area contributed by atoms with Crippen LogP contribution in [0, 0.1) is 0 Å². The average Bonchev–Trinajstić information content (AvgIpc) is 2.05. The summed E-state index contributed by atoms with van der Waals surface area (Å²) in [7, 11) is 0. The standard InChI is InChI=1S/C8H8NO/c1-2-4-8-7(3-1)9-5-6-10-8/h1-3,5-6,8H,4H2. The van der Waals surface area contributed by atoms with Crippen LogP contribution in [0.1, 0.15) is 6.42 Å². The summed E-state index contributed by atoms with van der Waals surface area (Å²) in [6, 6.07) is 0. The highest BCUT2D eigenvalue weighted by Crippen LogP contribution is 2.18. The van der Waals surface area contributed by atoms with Crippen LogP contribution in [0.2, 0.25) is 0 Å². The maximum atomic E-state index is 5.29. The van der Waals surface area contributed by atoms with Crippen LogP contribution in [-0.2, 0) is 4.74 Å². The highest BCUT2D eigenvalue weighted by molar-refractivity contribution is 5.23. The molecule has 0 spiro atoms. The summed E-state index contributed by atoms with van der Waals surface area (Å²) in [6.45, 7) is 0. The van der Waals surface area contributed by atoms with E-state index in [-0.39, 0.29) is 6.10 Å². The molecule has 2 aliphatic rings. The molecular formula is C8H8NO. The molecule has 2 heteroatoms. The lowest BCUT2D eigenvalue weighted by atomic mass is 10.1. The van der Waals surface area contributed by atoms with Crippen LogP contribution in [0.3, 0.4) is 0 Å². The van der Waals surface area contributed by atoms with Crippen molar-refractivity contribution in [3.8, 4) is 0 Å². The minimum Gasteiger partial charge on any atom is -0.490 e. The van der Waals surface area contributed by atoms with Crippen molar-refractivity contribution in [2.45, 2.75) is 12.5 Å². The van der Waals surface area contributed by atoms with Crippen molar-refractivity contribution in [1.29, 1.82) is 0 Å². The second-order valence-corrected chi connectivity index (χ2v) is 2.29. The summed E-state index contributed by atoms with van der Waals surface area (Å²) < 4.78 is 5.29. The van der Waals surface area contributed by atoms with Crippen molar-refractivity contribution in [3.05, 3.63) is 36.4 Å². The monoisotopic (exact) mass is 134 g/mol. The smallest absolute Gasteiger partial charge is 0.143 e. The first-order valence-electron chi connectivity index (χ1n) is 3.35. The maximum absolute atomic E-state index is 5.29. The Labute approximate surface area is 59.9 Å². The van der Waals surface area contributed by atoms with E-state index in [0.29, 0.717) is 0 Å². The van der Waals surface area contributed by atoms with Crippen molar-refractivity contribution in [1.82, 2.24) is 5.32 Å². The molecule has 1 atom stereocenters. The highest BCUT2D eigenvalue weighted by atomic mass is 16.5. The zero-order chi connectivity index (χ0) is 6.81. The van der Waals surface area contributed by atoms with Crippen LogP contribution in [0.15, 0.2) is 36.4 Å². The molecule has 2 nitrogen and oxygen atoms in total. The minimum absolute atomic E-state index is 0.176. The predicted octanol–water partition coefficient (Wildman–Crippen LogP) is 1.30. The Morgan fingerprint density at radius 3 is 3.50 bits per heavy atom. The second-order valence-electron chi connectivity index (χ2n) is 2.29. The Morgan fingerprint density at radius 2 is 2.60 bits per heavy atom. The largest absolute Gasteiger partial charge is 0.490 e. The maximum Gasteiger partial charge on any atom is 0.143 e. The van der Waals surface area contributed by atoms with Crippen molar-refractivity contribution in [3.63, 3.8) is 0 Å². The van der Waals surface area contributed by atoms with Gasteiger partial charge in [-0.25, -0.2) is 0 Å². The van der Waals surface area contributed by atoms with Gasteiger partial charge >= 0.3 is 0 Å². The molecule has 0 aromatic carbocycles. The summed E-state index contributed by atoms with van der Waals surface area (Å²) in [4.78, 5) is 0. The molecule has 0 amide bonds. The van der Waals surface area contributed by atoms with Gasteiger partial charge in [-0.2, -0.15) is 0 Å². The second kappa shape index (κ2) is 2.21. The Bertz CT molecular complexity index is 215. The van der Waals surface area contributed by atoms with E-state index >= 15 is 0 Å². The molecule has 1 radical (unpaired) electrons.